The van der Waals surface area contributed by atoms with Gasteiger partial charge in [-0.2, -0.15) is 0 Å². The first-order chi connectivity index (χ1) is 5.34. The number of allylic oxidation sites excluding steroid dienone is 1. The Labute approximate surface area is 80.4 Å². The second kappa shape index (κ2) is 4.44. The standard InChI is InChI=1S/C9H10N.Sn/c10-8-4-7-9-5-2-1-3-6-9;/h1-5,8H,7,10H2;. The van der Waals surface area contributed by atoms with Crippen molar-refractivity contribution in [1.82, 2.24) is 0 Å². The van der Waals surface area contributed by atoms with Crippen molar-refractivity contribution in [2.24, 2.45) is 5.73 Å². The van der Waals surface area contributed by atoms with E-state index >= 15 is 0 Å². The Hall–Kier alpha value is -0.441. The van der Waals surface area contributed by atoms with E-state index in [0.717, 1.165) is 6.42 Å². The molecule has 2 heteroatoms. The molecule has 0 saturated heterocycles. The van der Waals surface area contributed by atoms with Gasteiger partial charge in [-0.15, -0.1) is 0 Å². The summed E-state index contributed by atoms with van der Waals surface area (Å²) in [7, 11) is 0. The van der Waals surface area contributed by atoms with Crippen LogP contribution in [-0.4, -0.2) is 22.5 Å². The van der Waals surface area contributed by atoms with Gasteiger partial charge in [0, 0.05) is 0 Å². The molecule has 0 aromatic heterocycles. The van der Waals surface area contributed by atoms with Gasteiger partial charge in [-0.1, -0.05) is 0 Å². The first-order valence-corrected chi connectivity index (χ1v) is 4.93. The predicted molar refractivity (Wildman–Crippen MR) is 48.9 cm³/mol. The van der Waals surface area contributed by atoms with Gasteiger partial charge < -0.3 is 0 Å². The molecular formula is C9H10NSn. The number of rotatable bonds is 2. The Morgan fingerprint density at radius 2 is 2.09 bits per heavy atom. The Bertz CT molecular complexity index is 255. The first-order valence-electron chi connectivity index (χ1n) is 3.51. The summed E-state index contributed by atoms with van der Waals surface area (Å²) >= 11 is 1.47. The Balaban J connectivity index is 2.77. The van der Waals surface area contributed by atoms with Crippen LogP contribution < -0.4 is 9.31 Å². The summed E-state index contributed by atoms with van der Waals surface area (Å²) in [5.41, 5.74) is 6.64. The van der Waals surface area contributed by atoms with Crippen LogP contribution in [0.25, 0.3) is 0 Å². The average molecular weight is 251 g/mol. The minimum atomic E-state index is 0.956. The van der Waals surface area contributed by atoms with E-state index in [0.29, 0.717) is 0 Å². The fourth-order valence-electron chi connectivity index (χ4n) is 0.893. The molecule has 0 aliphatic heterocycles. The molecule has 0 fully saturated rings. The molecular weight excluding hydrogens is 241 g/mol. The maximum absolute atomic E-state index is 5.25. The van der Waals surface area contributed by atoms with Crippen LogP contribution in [0.2, 0.25) is 0 Å². The van der Waals surface area contributed by atoms with Crippen LogP contribution in [0.5, 0.6) is 0 Å². The molecule has 1 aromatic carbocycles. The molecule has 1 rings (SSSR count). The summed E-state index contributed by atoms with van der Waals surface area (Å²) in [4.78, 5) is 0. The van der Waals surface area contributed by atoms with Crippen molar-refractivity contribution >= 4 is 26.1 Å². The molecule has 3 radical (unpaired) electrons. The van der Waals surface area contributed by atoms with E-state index in [4.69, 9.17) is 5.73 Å². The van der Waals surface area contributed by atoms with E-state index in [1.165, 1.54) is 31.7 Å². The van der Waals surface area contributed by atoms with Gasteiger partial charge in [0.15, 0.2) is 0 Å². The van der Waals surface area contributed by atoms with E-state index in [2.05, 4.69) is 24.3 Å². The molecule has 0 aliphatic carbocycles. The van der Waals surface area contributed by atoms with E-state index in [1.54, 1.807) is 6.20 Å². The Morgan fingerprint density at radius 1 is 1.36 bits per heavy atom. The Kier molecular flexibility index (Phi) is 3.49. The second-order valence-corrected chi connectivity index (χ2v) is 3.83. The summed E-state index contributed by atoms with van der Waals surface area (Å²) < 4.78 is 1.41. The second-order valence-electron chi connectivity index (χ2n) is 2.29. The molecule has 55 valence electrons. The molecule has 1 aromatic rings. The molecule has 0 atom stereocenters. The molecule has 11 heavy (non-hydrogen) atoms. The van der Waals surface area contributed by atoms with Crippen LogP contribution >= 0.6 is 0 Å². The van der Waals surface area contributed by atoms with Crippen LogP contribution in [0.4, 0.5) is 0 Å². The van der Waals surface area contributed by atoms with Crippen LogP contribution in [0.1, 0.15) is 5.56 Å². The third-order valence-corrected chi connectivity index (χ3v) is 2.88. The molecule has 0 heterocycles. The van der Waals surface area contributed by atoms with Crippen LogP contribution in [0.15, 0.2) is 36.5 Å². The average Bonchev–Trinajstić information content (AvgIpc) is 2.03. The minimum absolute atomic E-state index is 0.956. The van der Waals surface area contributed by atoms with Crippen LogP contribution in [0.3, 0.4) is 0 Å². The van der Waals surface area contributed by atoms with Crippen molar-refractivity contribution in [3.05, 3.63) is 42.1 Å². The number of benzene rings is 1. The zero-order chi connectivity index (χ0) is 8.10. The van der Waals surface area contributed by atoms with Crippen molar-refractivity contribution in [1.29, 1.82) is 0 Å². The van der Waals surface area contributed by atoms with Gasteiger partial charge >= 0.3 is 80.4 Å². The molecule has 0 bridgehead atoms. The van der Waals surface area contributed by atoms with Gasteiger partial charge in [0.25, 0.3) is 0 Å². The van der Waals surface area contributed by atoms with Gasteiger partial charge in [0.2, 0.25) is 0 Å². The third kappa shape index (κ3) is 2.58. The summed E-state index contributed by atoms with van der Waals surface area (Å²) in [6.45, 7) is 0. The molecule has 0 spiro atoms. The van der Waals surface area contributed by atoms with Crippen LogP contribution in [-0.2, 0) is 6.42 Å². The molecule has 0 aliphatic rings. The monoisotopic (exact) mass is 252 g/mol. The van der Waals surface area contributed by atoms with Gasteiger partial charge in [-0.25, -0.2) is 0 Å². The molecule has 0 unspecified atom stereocenters. The van der Waals surface area contributed by atoms with Gasteiger partial charge in [-0.05, 0) is 0 Å². The number of nitrogens with two attached hydrogens (primary N) is 1. The zero-order valence-electron chi connectivity index (χ0n) is 6.25. The summed E-state index contributed by atoms with van der Waals surface area (Å²) in [6.07, 6.45) is 4.53. The van der Waals surface area contributed by atoms with Crippen molar-refractivity contribution in [3.8, 4) is 0 Å². The van der Waals surface area contributed by atoms with Gasteiger partial charge in [0.1, 0.15) is 0 Å². The van der Waals surface area contributed by atoms with Crippen molar-refractivity contribution in [2.75, 3.05) is 0 Å². The normalized spacial score (nSPS) is 10.6. The third-order valence-electron chi connectivity index (χ3n) is 1.49. The van der Waals surface area contributed by atoms with E-state index in [-0.39, 0.29) is 0 Å². The van der Waals surface area contributed by atoms with E-state index in [9.17, 15) is 0 Å². The van der Waals surface area contributed by atoms with Crippen molar-refractivity contribution in [3.63, 3.8) is 0 Å². The predicted octanol–water partition coefficient (Wildman–Crippen LogP) is 0.495. The van der Waals surface area contributed by atoms with Crippen molar-refractivity contribution in [2.45, 2.75) is 6.42 Å². The fourth-order valence-corrected chi connectivity index (χ4v) is 1.70. The first kappa shape index (κ1) is 8.65. The van der Waals surface area contributed by atoms with E-state index < -0.39 is 0 Å². The maximum atomic E-state index is 5.25. The summed E-state index contributed by atoms with van der Waals surface area (Å²) in [6, 6.07) is 8.43. The number of hydrogen-bond acceptors (Lipinski definition) is 1. The number of hydrogen-bond donors (Lipinski definition) is 1. The quantitative estimate of drug-likeness (QED) is 0.761. The summed E-state index contributed by atoms with van der Waals surface area (Å²) in [5.74, 6) is 0. The van der Waals surface area contributed by atoms with Gasteiger partial charge in [-0.3, -0.25) is 0 Å². The molecule has 0 amide bonds. The van der Waals surface area contributed by atoms with Gasteiger partial charge in [0.05, 0.1) is 0 Å². The molecule has 2 N–H and O–H groups in total. The molecule has 0 saturated carbocycles. The van der Waals surface area contributed by atoms with E-state index in [1.807, 2.05) is 6.08 Å². The SMILES string of the molecule is NC=CCc1cccc[c]1[Sn]. The topological polar surface area (TPSA) is 26.0 Å². The molecule has 1 nitrogen and oxygen atoms in total. The van der Waals surface area contributed by atoms with Crippen molar-refractivity contribution < 1.29 is 0 Å². The Morgan fingerprint density at radius 3 is 2.73 bits per heavy atom. The van der Waals surface area contributed by atoms with Crippen LogP contribution in [0, 0.1) is 0 Å². The fraction of sp³-hybridized carbons (Fsp3) is 0.111. The zero-order valence-corrected chi connectivity index (χ0v) is 9.10. The summed E-state index contributed by atoms with van der Waals surface area (Å²) in [5, 5.41) is 0.